The highest BCUT2D eigenvalue weighted by Crippen LogP contribution is 2.32. The third-order valence-electron chi connectivity index (χ3n) is 2.98. The molecule has 20 heavy (non-hydrogen) atoms. The van der Waals surface area contributed by atoms with Gasteiger partial charge < -0.3 is 9.47 Å². The van der Waals surface area contributed by atoms with Crippen molar-refractivity contribution in [3.8, 4) is 11.5 Å². The Bertz CT molecular complexity index is 692. The molecule has 0 aliphatic carbocycles. The number of hydrogen-bond acceptors (Lipinski definition) is 3. The summed E-state index contributed by atoms with van der Waals surface area (Å²) in [5, 5.41) is 0.613. The van der Waals surface area contributed by atoms with E-state index in [9.17, 15) is 4.79 Å². The summed E-state index contributed by atoms with van der Waals surface area (Å²) < 4.78 is 10.5. The number of carbonyl (C=O) groups excluding carboxylic acids is 1. The van der Waals surface area contributed by atoms with Crippen LogP contribution in [0.15, 0.2) is 48.5 Å². The molecule has 0 amide bonds. The Morgan fingerprint density at radius 2 is 1.90 bits per heavy atom. The minimum atomic E-state index is -0.108. The average Bonchev–Trinajstić information content (AvgIpc) is 2.93. The SMILES string of the molecule is O=C(/C=C/c1ccccc1Cl)c1ccc2c(c1)OCO2. The molecule has 4 heteroatoms. The van der Waals surface area contributed by atoms with Crippen LogP contribution in [0.1, 0.15) is 15.9 Å². The van der Waals surface area contributed by atoms with E-state index in [-0.39, 0.29) is 12.6 Å². The Morgan fingerprint density at radius 1 is 1.10 bits per heavy atom. The van der Waals surface area contributed by atoms with Crippen LogP contribution in [0.2, 0.25) is 5.02 Å². The van der Waals surface area contributed by atoms with Crippen LogP contribution in [0, 0.1) is 0 Å². The van der Waals surface area contributed by atoms with E-state index in [1.165, 1.54) is 6.08 Å². The molecule has 0 bridgehead atoms. The summed E-state index contributed by atoms with van der Waals surface area (Å²) in [4.78, 5) is 12.1. The minimum absolute atomic E-state index is 0.108. The van der Waals surface area contributed by atoms with Gasteiger partial charge in [0, 0.05) is 10.6 Å². The highest BCUT2D eigenvalue weighted by atomic mass is 35.5. The van der Waals surface area contributed by atoms with Crippen molar-refractivity contribution in [2.45, 2.75) is 0 Å². The molecule has 100 valence electrons. The number of rotatable bonds is 3. The molecule has 0 radical (unpaired) electrons. The first-order chi connectivity index (χ1) is 9.74. The maximum absolute atomic E-state index is 12.1. The van der Waals surface area contributed by atoms with Crippen molar-refractivity contribution in [3.63, 3.8) is 0 Å². The van der Waals surface area contributed by atoms with E-state index in [0.29, 0.717) is 22.1 Å². The lowest BCUT2D eigenvalue weighted by Gasteiger charge is -2.00. The molecule has 0 saturated carbocycles. The van der Waals surface area contributed by atoms with E-state index < -0.39 is 0 Å². The summed E-state index contributed by atoms with van der Waals surface area (Å²) in [6.45, 7) is 0.197. The molecule has 0 saturated heterocycles. The van der Waals surface area contributed by atoms with Gasteiger partial charge in [0.2, 0.25) is 6.79 Å². The van der Waals surface area contributed by atoms with Gasteiger partial charge in [-0.3, -0.25) is 4.79 Å². The molecular formula is C16H11ClO3. The fourth-order valence-corrected chi connectivity index (χ4v) is 2.12. The zero-order chi connectivity index (χ0) is 13.9. The third-order valence-corrected chi connectivity index (χ3v) is 3.32. The number of ether oxygens (including phenoxy) is 2. The fourth-order valence-electron chi connectivity index (χ4n) is 1.92. The largest absolute Gasteiger partial charge is 0.454 e. The zero-order valence-corrected chi connectivity index (χ0v) is 11.3. The number of allylic oxidation sites excluding steroid dienone is 1. The van der Waals surface area contributed by atoms with Crippen LogP contribution < -0.4 is 9.47 Å². The summed E-state index contributed by atoms with van der Waals surface area (Å²) in [7, 11) is 0. The lowest BCUT2D eigenvalue weighted by atomic mass is 10.1. The predicted molar refractivity (Wildman–Crippen MR) is 77.4 cm³/mol. The first kappa shape index (κ1) is 12.8. The minimum Gasteiger partial charge on any atom is -0.454 e. The second kappa shape index (κ2) is 5.39. The topological polar surface area (TPSA) is 35.5 Å². The molecule has 0 aromatic heterocycles. The number of hydrogen-bond donors (Lipinski definition) is 0. The van der Waals surface area contributed by atoms with Crippen molar-refractivity contribution in [1.82, 2.24) is 0 Å². The first-order valence-corrected chi connectivity index (χ1v) is 6.48. The molecule has 2 aromatic carbocycles. The van der Waals surface area contributed by atoms with Crippen LogP contribution in [-0.4, -0.2) is 12.6 Å². The Balaban J connectivity index is 1.81. The molecular weight excluding hydrogens is 276 g/mol. The van der Waals surface area contributed by atoms with Crippen LogP contribution in [0.4, 0.5) is 0 Å². The summed E-state index contributed by atoms with van der Waals surface area (Å²) in [6, 6.07) is 12.5. The van der Waals surface area contributed by atoms with Crippen molar-refractivity contribution in [2.24, 2.45) is 0 Å². The molecule has 2 aromatic rings. The smallest absolute Gasteiger partial charge is 0.231 e. The van der Waals surface area contributed by atoms with Gasteiger partial charge in [0.25, 0.3) is 0 Å². The van der Waals surface area contributed by atoms with Gasteiger partial charge in [0.05, 0.1) is 0 Å². The molecule has 0 atom stereocenters. The molecule has 3 rings (SSSR count). The lowest BCUT2D eigenvalue weighted by molar-refractivity contribution is 0.104. The second-order valence-electron chi connectivity index (χ2n) is 4.29. The summed E-state index contributed by atoms with van der Waals surface area (Å²) in [5.74, 6) is 1.15. The van der Waals surface area contributed by atoms with Crippen molar-refractivity contribution in [1.29, 1.82) is 0 Å². The number of carbonyl (C=O) groups is 1. The van der Waals surface area contributed by atoms with Gasteiger partial charge in [-0.2, -0.15) is 0 Å². The number of halogens is 1. The normalized spacial score (nSPS) is 12.8. The number of benzene rings is 2. The van der Waals surface area contributed by atoms with Gasteiger partial charge in [-0.1, -0.05) is 29.8 Å². The number of ketones is 1. The van der Waals surface area contributed by atoms with Crippen molar-refractivity contribution >= 4 is 23.5 Å². The molecule has 1 aliphatic rings. The van der Waals surface area contributed by atoms with Crippen LogP contribution in [0.5, 0.6) is 11.5 Å². The summed E-state index contributed by atoms with van der Waals surface area (Å²) in [6.07, 6.45) is 3.20. The van der Waals surface area contributed by atoms with E-state index in [1.54, 1.807) is 30.3 Å². The lowest BCUT2D eigenvalue weighted by Crippen LogP contribution is -1.94. The van der Waals surface area contributed by atoms with E-state index in [2.05, 4.69) is 0 Å². The monoisotopic (exact) mass is 286 g/mol. The average molecular weight is 287 g/mol. The van der Waals surface area contributed by atoms with Gasteiger partial charge >= 0.3 is 0 Å². The Hall–Kier alpha value is -2.26. The Kier molecular flexibility index (Phi) is 3.44. The van der Waals surface area contributed by atoms with E-state index in [0.717, 1.165) is 5.56 Å². The van der Waals surface area contributed by atoms with Gasteiger partial charge in [0.1, 0.15) is 0 Å². The number of fused-ring (bicyclic) bond motifs is 1. The standard InChI is InChI=1S/C16H11ClO3/c17-13-4-2-1-3-11(13)5-7-14(18)12-6-8-15-16(9-12)20-10-19-15/h1-9H,10H2/b7-5+. The highest BCUT2D eigenvalue weighted by molar-refractivity contribution is 6.32. The highest BCUT2D eigenvalue weighted by Gasteiger charge is 2.15. The third kappa shape index (κ3) is 2.53. The van der Waals surface area contributed by atoms with Gasteiger partial charge in [0.15, 0.2) is 17.3 Å². The predicted octanol–water partition coefficient (Wildman–Crippen LogP) is 3.96. The second-order valence-corrected chi connectivity index (χ2v) is 4.69. The van der Waals surface area contributed by atoms with Crippen molar-refractivity contribution in [2.75, 3.05) is 6.79 Å². The van der Waals surface area contributed by atoms with Crippen LogP contribution >= 0.6 is 11.6 Å². The fraction of sp³-hybridized carbons (Fsp3) is 0.0625. The molecule has 0 unspecified atom stereocenters. The summed E-state index contributed by atoms with van der Waals surface area (Å²) >= 11 is 6.03. The molecule has 1 aliphatic heterocycles. The summed E-state index contributed by atoms with van der Waals surface area (Å²) in [5.41, 5.74) is 1.36. The molecule has 0 N–H and O–H groups in total. The maximum Gasteiger partial charge on any atom is 0.231 e. The van der Waals surface area contributed by atoms with E-state index in [4.69, 9.17) is 21.1 Å². The Labute approximate surface area is 121 Å². The molecule has 0 spiro atoms. The molecule has 0 fully saturated rings. The van der Waals surface area contributed by atoms with Crippen LogP contribution in [0.25, 0.3) is 6.08 Å². The van der Waals surface area contributed by atoms with Crippen molar-refractivity contribution in [3.05, 3.63) is 64.7 Å². The Morgan fingerprint density at radius 3 is 2.75 bits per heavy atom. The van der Waals surface area contributed by atoms with E-state index in [1.807, 2.05) is 18.2 Å². The maximum atomic E-state index is 12.1. The van der Waals surface area contributed by atoms with Gasteiger partial charge in [-0.05, 0) is 42.0 Å². The first-order valence-electron chi connectivity index (χ1n) is 6.10. The van der Waals surface area contributed by atoms with Crippen molar-refractivity contribution < 1.29 is 14.3 Å². The molecule has 1 heterocycles. The van der Waals surface area contributed by atoms with Crippen LogP contribution in [-0.2, 0) is 0 Å². The van der Waals surface area contributed by atoms with Gasteiger partial charge in [-0.15, -0.1) is 0 Å². The van der Waals surface area contributed by atoms with Gasteiger partial charge in [-0.25, -0.2) is 0 Å². The zero-order valence-electron chi connectivity index (χ0n) is 10.5. The quantitative estimate of drug-likeness (QED) is 0.633. The van der Waals surface area contributed by atoms with Crippen LogP contribution in [0.3, 0.4) is 0 Å². The molecule has 3 nitrogen and oxygen atoms in total. The van der Waals surface area contributed by atoms with E-state index >= 15 is 0 Å².